The second-order valence-corrected chi connectivity index (χ2v) is 3.67. The zero-order valence-corrected chi connectivity index (χ0v) is 10.1. The summed E-state index contributed by atoms with van der Waals surface area (Å²) in [6.45, 7) is 1.47. The van der Waals surface area contributed by atoms with E-state index >= 15 is 0 Å². The van der Waals surface area contributed by atoms with E-state index < -0.39 is 23.6 Å². The van der Waals surface area contributed by atoms with Crippen molar-refractivity contribution >= 4 is 17.5 Å². The molecule has 2 N–H and O–H groups in total. The summed E-state index contributed by atoms with van der Waals surface area (Å²) in [5, 5.41) is 6.91. The first-order valence-corrected chi connectivity index (χ1v) is 5.17. The summed E-state index contributed by atoms with van der Waals surface area (Å²) < 4.78 is 6.61. The Hall–Kier alpha value is -2.78. The number of aromatic nitrogens is 5. The molecule has 0 aliphatic rings. The third kappa shape index (κ3) is 1.92. The summed E-state index contributed by atoms with van der Waals surface area (Å²) in [6.07, 6.45) is 1.09. The van der Waals surface area contributed by atoms with Gasteiger partial charge in [0.1, 0.15) is 6.33 Å². The van der Waals surface area contributed by atoms with Crippen LogP contribution in [-0.2, 0) is 9.53 Å². The molecule has 0 saturated carbocycles. The lowest BCUT2D eigenvalue weighted by molar-refractivity contribution is -0.144. The van der Waals surface area contributed by atoms with Gasteiger partial charge in [-0.1, -0.05) is 10.3 Å². The average molecular weight is 266 g/mol. The number of amides is 1. The smallest absolute Gasteiger partial charge is 0.374 e. The molecule has 1 amide bonds. The van der Waals surface area contributed by atoms with Gasteiger partial charge in [-0.25, -0.2) is 23.7 Å². The molecule has 0 aliphatic carbocycles. The van der Waals surface area contributed by atoms with E-state index in [9.17, 15) is 14.4 Å². The summed E-state index contributed by atoms with van der Waals surface area (Å²) >= 11 is 0. The van der Waals surface area contributed by atoms with Crippen molar-refractivity contribution < 1.29 is 14.3 Å². The molecule has 0 radical (unpaired) electrons. The van der Waals surface area contributed by atoms with E-state index in [4.69, 9.17) is 5.73 Å². The number of carbonyl (C=O) groups excluding carboxylic acids is 2. The second-order valence-electron chi connectivity index (χ2n) is 3.67. The highest BCUT2D eigenvalue weighted by Crippen LogP contribution is 2.12. The third-order valence-corrected chi connectivity index (χ3v) is 2.53. The van der Waals surface area contributed by atoms with Crippen LogP contribution in [0.15, 0.2) is 11.1 Å². The molecule has 10 heteroatoms. The standard InChI is InChI=1S/C9H10N6O4/c1-4(8(17)19-2)15-7-5(6(10)16)11-3-14(7)9(18)12-13-15/h3-4H,1-2H3,(H2,10,16)/t4-/m1/s1. The minimum atomic E-state index is -0.893. The molecule has 0 spiro atoms. The molecule has 2 rings (SSSR count). The number of hydrogen-bond donors (Lipinski definition) is 1. The van der Waals surface area contributed by atoms with Gasteiger partial charge < -0.3 is 10.5 Å². The van der Waals surface area contributed by atoms with Crippen LogP contribution in [0.3, 0.4) is 0 Å². The number of primary amides is 1. The number of nitrogens with zero attached hydrogens (tertiary/aromatic N) is 5. The van der Waals surface area contributed by atoms with Crippen molar-refractivity contribution in [3.8, 4) is 0 Å². The van der Waals surface area contributed by atoms with Crippen LogP contribution in [0.2, 0.25) is 0 Å². The zero-order chi connectivity index (χ0) is 14.2. The van der Waals surface area contributed by atoms with Crippen LogP contribution >= 0.6 is 0 Å². The normalized spacial score (nSPS) is 12.3. The summed E-state index contributed by atoms with van der Waals surface area (Å²) in [5.74, 6) is -1.46. The Morgan fingerprint density at radius 2 is 2.16 bits per heavy atom. The number of hydrogen-bond acceptors (Lipinski definition) is 7. The van der Waals surface area contributed by atoms with Gasteiger partial charge in [0.2, 0.25) is 0 Å². The number of rotatable bonds is 3. The number of nitrogens with two attached hydrogens (primary N) is 1. The first kappa shape index (κ1) is 12.7. The molecular weight excluding hydrogens is 256 g/mol. The van der Waals surface area contributed by atoms with Gasteiger partial charge in [0, 0.05) is 0 Å². The van der Waals surface area contributed by atoms with Gasteiger partial charge >= 0.3 is 11.7 Å². The predicted octanol–water partition coefficient (Wildman–Crippen LogP) is -1.88. The summed E-state index contributed by atoms with van der Waals surface area (Å²) in [6, 6.07) is -0.893. The van der Waals surface area contributed by atoms with Gasteiger partial charge in [0.15, 0.2) is 17.4 Å². The Morgan fingerprint density at radius 1 is 1.47 bits per heavy atom. The molecule has 0 saturated heterocycles. The van der Waals surface area contributed by atoms with Gasteiger partial charge in [0.25, 0.3) is 5.91 Å². The van der Waals surface area contributed by atoms with Crippen LogP contribution in [0.25, 0.3) is 5.65 Å². The molecule has 2 heterocycles. The maximum atomic E-state index is 11.5. The summed E-state index contributed by atoms with van der Waals surface area (Å²) in [5.41, 5.74) is 4.24. The number of esters is 1. The molecule has 1 atom stereocenters. The molecule has 0 aromatic carbocycles. The first-order valence-electron chi connectivity index (χ1n) is 5.17. The molecular formula is C9H10N6O4. The first-order chi connectivity index (χ1) is 8.97. The Balaban J connectivity index is 2.78. The van der Waals surface area contributed by atoms with E-state index in [1.807, 2.05) is 0 Å². The lowest BCUT2D eigenvalue weighted by Gasteiger charge is -2.12. The average Bonchev–Trinajstić information content (AvgIpc) is 2.83. The SMILES string of the molecule is COC(=O)[C@@H](C)n1nnc(=O)n2cnc(C(N)=O)c12. The second kappa shape index (κ2) is 4.48. The van der Waals surface area contributed by atoms with Crippen LogP contribution in [0.4, 0.5) is 0 Å². The molecule has 0 aliphatic heterocycles. The number of carbonyl (C=O) groups is 2. The highest BCUT2D eigenvalue weighted by Gasteiger charge is 2.23. The summed E-state index contributed by atoms with van der Waals surface area (Å²) in [7, 11) is 1.21. The Morgan fingerprint density at radius 3 is 2.74 bits per heavy atom. The Labute approximate surface area is 105 Å². The Kier molecular flexibility index (Phi) is 2.99. The summed E-state index contributed by atoms with van der Waals surface area (Å²) in [4.78, 5) is 38.0. The van der Waals surface area contributed by atoms with E-state index in [2.05, 4.69) is 20.0 Å². The maximum absolute atomic E-state index is 11.5. The minimum Gasteiger partial charge on any atom is -0.467 e. The lowest BCUT2D eigenvalue weighted by atomic mass is 10.3. The predicted molar refractivity (Wildman–Crippen MR) is 60.3 cm³/mol. The van der Waals surface area contributed by atoms with Gasteiger partial charge in [-0.3, -0.25) is 4.79 Å². The molecule has 19 heavy (non-hydrogen) atoms. The Bertz CT molecular complexity index is 717. The van der Waals surface area contributed by atoms with Crippen LogP contribution in [0.1, 0.15) is 23.5 Å². The van der Waals surface area contributed by atoms with Gasteiger partial charge in [-0.15, -0.1) is 0 Å². The van der Waals surface area contributed by atoms with E-state index in [1.54, 1.807) is 0 Å². The van der Waals surface area contributed by atoms with Gasteiger partial charge in [-0.05, 0) is 6.92 Å². The number of methoxy groups -OCH3 is 1. The van der Waals surface area contributed by atoms with Crippen molar-refractivity contribution in [3.05, 3.63) is 22.5 Å². The van der Waals surface area contributed by atoms with Crippen LogP contribution in [0, 0.1) is 0 Å². The van der Waals surface area contributed by atoms with E-state index in [1.165, 1.54) is 14.0 Å². The fourth-order valence-corrected chi connectivity index (χ4v) is 1.58. The molecule has 0 unspecified atom stereocenters. The fraction of sp³-hybridized carbons (Fsp3) is 0.333. The van der Waals surface area contributed by atoms with Crippen molar-refractivity contribution in [3.63, 3.8) is 0 Å². The van der Waals surface area contributed by atoms with Crippen LogP contribution in [0.5, 0.6) is 0 Å². The van der Waals surface area contributed by atoms with Crippen molar-refractivity contribution in [1.29, 1.82) is 0 Å². The van der Waals surface area contributed by atoms with Crippen molar-refractivity contribution in [1.82, 2.24) is 24.4 Å². The van der Waals surface area contributed by atoms with Crippen molar-refractivity contribution in [2.24, 2.45) is 5.73 Å². The minimum absolute atomic E-state index is 0.00889. The molecule has 0 bridgehead atoms. The topological polar surface area (TPSA) is 134 Å². The number of fused-ring (bicyclic) bond motifs is 1. The van der Waals surface area contributed by atoms with Crippen molar-refractivity contribution in [2.45, 2.75) is 13.0 Å². The van der Waals surface area contributed by atoms with Crippen LogP contribution in [-0.4, -0.2) is 43.4 Å². The van der Waals surface area contributed by atoms with Gasteiger partial charge in [0.05, 0.1) is 7.11 Å². The molecule has 10 nitrogen and oxygen atoms in total. The number of ether oxygens (including phenoxy) is 1. The van der Waals surface area contributed by atoms with E-state index in [0.29, 0.717) is 0 Å². The molecule has 2 aromatic rings. The van der Waals surface area contributed by atoms with E-state index in [0.717, 1.165) is 15.4 Å². The lowest BCUT2D eigenvalue weighted by Crippen LogP contribution is -2.29. The molecule has 0 fully saturated rings. The van der Waals surface area contributed by atoms with E-state index in [-0.39, 0.29) is 11.3 Å². The quantitative estimate of drug-likeness (QED) is 0.642. The third-order valence-electron chi connectivity index (χ3n) is 2.53. The largest absolute Gasteiger partial charge is 0.467 e. The maximum Gasteiger partial charge on any atom is 0.374 e. The molecule has 100 valence electrons. The zero-order valence-electron chi connectivity index (χ0n) is 10.1. The monoisotopic (exact) mass is 266 g/mol. The number of imidazole rings is 1. The van der Waals surface area contributed by atoms with Gasteiger partial charge in [-0.2, -0.15) is 0 Å². The van der Waals surface area contributed by atoms with Crippen molar-refractivity contribution in [2.75, 3.05) is 7.11 Å². The fourth-order valence-electron chi connectivity index (χ4n) is 1.58. The molecule has 2 aromatic heterocycles. The highest BCUT2D eigenvalue weighted by atomic mass is 16.5. The highest BCUT2D eigenvalue weighted by molar-refractivity contribution is 5.97. The van der Waals surface area contributed by atoms with Crippen LogP contribution < -0.4 is 11.4 Å².